The molecule has 7 nitrogen and oxygen atoms in total. The van der Waals surface area contributed by atoms with Gasteiger partial charge in [0.2, 0.25) is 0 Å². The second-order valence-electron chi connectivity index (χ2n) is 7.45. The predicted octanol–water partition coefficient (Wildman–Crippen LogP) is 3.06. The van der Waals surface area contributed by atoms with Crippen molar-refractivity contribution < 1.29 is 22.2 Å². The number of piperazine rings is 1. The summed E-state index contributed by atoms with van der Waals surface area (Å²) in [6, 6.07) is 14.2. The molecule has 31 heavy (non-hydrogen) atoms. The summed E-state index contributed by atoms with van der Waals surface area (Å²) in [5.74, 6) is -1.33. The fourth-order valence-electron chi connectivity index (χ4n) is 3.72. The van der Waals surface area contributed by atoms with E-state index in [1.54, 1.807) is 18.2 Å². The smallest absolute Gasteiger partial charge is 0.312 e. The van der Waals surface area contributed by atoms with Crippen LogP contribution >= 0.6 is 23.2 Å². The second-order valence-corrected chi connectivity index (χ2v) is 9.91. The van der Waals surface area contributed by atoms with Gasteiger partial charge in [0, 0.05) is 26.6 Å². The maximum Gasteiger partial charge on any atom is 0.312 e. The van der Waals surface area contributed by atoms with Crippen LogP contribution in [0, 0.1) is 0 Å². The number of rotatable bonds is 7. The summed E-state index contributed by atoms with van der Waals surface area (Å²) in [5.41, 5.74) is 0.433. The molecule has 0 N–H and O–H groups in total. The van der Waals surface area contributed by atoms with Crippen molar-refractivity contribution in [2.24, 2.45) is 0 Å². The number of hydrogen-bond acceptors (Lipinski definition) is 5. The molecule has 1 atom stereocenters. The molecule has 166 valence electrons. The highest BCUT2D eigenvalue weighted by Crippen LogP contribution is 2.39. The predicted molar refractivity (Wildman–Crippen MR) is 118 cm³/mol. The van der Waals surface area contributed by atoms with Crippen molar-refractivity contribution in [2.45, 2.75) is 18.5 Å². The lowest BCUT2D eigenvalue weighted by Gasteiger charge is -2.49. The third-order valence-electron chi connectivity index (χ3n) is 5.36. The SMILES string of the molecule is CN1C(=O)C(=O)N(Cc2ccccc2)CC1(CCOS(C)(=O)=O)c1ccc(Cl)c(Cl)c1. The van der Waals surface area contributed by atoms with Crippen LogP contribution in [0.3, 0.4) is 0 Å². The molecule has 2 aromatic carbocycles. The summed E-state index contributed by atoms with van der Waals surface area (Å²) in [6.07, 6.45) is 1.08. The van der Waals surface area contributed by atoms with Crippen molar-refractivity contribution in [3.05, 3.63) is 69.7 Å². The number of benzene rings is 2. The van der Waals surface area contributed by atoms with E-state index in [1.165, 1.54) is 16.8 Å². The fraction of sp³-hybridized carbons (Fsp3) is 0.333. The highest BCUT2D eigenvalue weighted by Gasteiger charge is 2.49. The summed E-state index contributed by atoms with van der Waals surface area (Å²) in [7, 11) is -2.17. The number of carbonyl (C=O) groups excluding carboxylic acids is 2. The van der Waals surface area contributed by atoms with Gasteiger partial charge in [-0.3, -0.25) is 13.8 Å². The monoisotopic (exact) mass is 484 g/mol. The first-order valence-corrected chi connectivity index (χ1v) is 12.0. The summed E-state index contributed by atoms with van der Waals surface area (Å²) < 4.78 is 28.0. The van der Waals surface area contributed by atoms with E-state index in [2.05, 4.69) is 0 Å². The highest BCUT2D eigenvalue weighted by molar-refractivity contribution is 7.85. The van der Waals surface area contributed by atoms with Crippen LogP contribution in [0.15, 0.2) is 48.5 Å². The molecule has 0 aromatic heterocycles. The summed E-state index contributed by atoms with van der Waals surface area (Å²) >= 11 is 12.3. The van der Waals surface area contributed by atoms with Crippen LogP contribution in [0.2, 0.25) is 10.0 Å². The van der Waals surface area contributed by atoms with Crippen LogP contribution < -0.4 is 0 Å². The molecule has 10 heteroatoms. The van der Waals surface area contributed by atoms with Crippen LogP contribution in [0.25, 0.3) is 0 Å². The van der Waals surface area contributed by atoms with E-state index in [-0.39, 0.29) is 31.1 Å². The Morgan fingerprint density at radius 3 is 2.32 bits per heavy atom. The number of halogens is 2. The maximum atomic E-state index is 12.9. The van der Waals surface area contributed by atoms with Gasteiger partial charge in [0.1, 0.15) is 0 Å². The molecule has 1 aliphatic heterocycles. The average molecular weight is 485 g/mol. The van der Waals surface area contributed by atoms with Gasteiger partial charge in [0.25, 0.3) is 10.1 Å². The second kappa shape index (κ2) is 9.16. The molecule has 1 heterocycles. The summed E-state index contributed by atoms with van der Waals surface area (Å²) in [5, 5.41) is 0.630. The molecular formula is C21H22Cl2N2O5S. The van der Waals surface area contributed by atoms with Gasteiger partial charge in [-0.15, -0.1) is 0 Å². The Hall–Kier alpha value is -2.13. The van der Waals surface area contributed by atoms with E-state index >= 15 is 0 Å². The molecule has 0 saturated carbocycles. The molecule has 1 saturated heterocycles. The number of carbonyl (C=O) groups is 2. The van der Waals surface area contributed by atoms with E-state index in [9.17, 15) is 18.0 Å². The maximum absolute atomic E-state index is 12.9. The molecule has 2 aromatic rings. The molecule has 0 spiro atoms. The van der Waals surface area contributed by atoms with E-state index in [1.807, 2.05) is 30.3 Å². The number of likely N-dealkylation sites (N-methyl/N-ethyl adjacent to an activating group) is 1. The zero-order valence-corrected chi connectivity index (χ0v) is 19.4. The first-order valence-electron chi connectivity index (χ1n) is 9.44. The lowest BCUT2D eigenvalue weighted by Crippen LogP contribution is -2.64. The standard InChI is InChI=1S/C21H22Cl2N2O5S/c1-24-19(26)20(27)25(13-15-6-4-3-5-7-15)14-21(24,10-11-30-31(2,28)29)16-8-9-17(22)18(23)12-16/h3-9,12H,10-11,13-14H2,1-2H3. The van der Waals surface area contributed by atoms with E-state index in [4.69, 9.17) is 27.4 Å². The van der Waals surface area contributed by atoms with Crippen LogP contribution in [-0.2, 0) is 36.0 Å². The number of amides is 2. The quantitative estimate of drug-likeness (QED) is 0.445. The first kappa shape index (κ1) is 23.5. The van der Waals surface area contributed by atoms with Crippen molar-refractivity contribution >= 4 is 45.1 Å². The van der Waals surface area contributed by atoms with Crippen LogP contribution in [0.4, 0.5) is 0 Å². The van der Waals surface area contributed by atoms with E-state index in [0.717, 1.165) is 11.8 Å². The van der Waals surface area contributed by atoms with Gasteiger partial charge in [-0.25, -0.2) is 0 Å². The Morgan fingerprint density at radius 2 is 1.71 bits per heavy atom. The normalized spacial score (nSPS) is 19.7. The van der Waals surface area contributed by atoms with Gasteiger partial charge in [0.15, 0.2) is 0 Å². The molecule has 1 aliphatic rings. The van der Waals surface area contributed by atoms with Crippen LogP contribution in [0.5, 0.6) is 0 Å². The highest BCUT2D eigenvalue weighted by atomic mass is 35.5. The third-order valence-corrected chi connectivity index (χ3v) is 6.69. The number of hydrogen-bond donors (Lipinski definition) is 0. The minimum Gasteiger partial charge on any atom is -0.327 e. The van der Waals surface area contributed by atoms with E-state index < -0.39 is 27.5 Å². The Morgan fingerprint density at radius 1 is 1.03 bits per heavy atom. The first-order chi connectivity index (χ1) is 14.5. The van der Waals surface area contributed by atoms with Crippen molar-refractivity contribution in [1.29, 1.82) is 0 Å². The van der Waals surface area contributed by atoms with Gasteiger partial charge in [-0.1, -0.05) is 59.6 Å². The van der Waals surface area contributed by atoms with Gasteiger partial charge in [-0.2, -0.15) is 8.42 Å². The lowest BCUT2D eigenvalue weighted by molar-refractivity contribution is -0.164. The molecule has 0 aliphatic carbocycles. The summed E-state index contributed by atoms with van der Waals surface area (Å²) in [6.45, 7) is 0.188. The van der Waals surface area contributed by atoms with Crippen molar-refractivity contribution in [3.63, 3.8) is 0 Å². The van der Waals surface area contributed by atoms with Crippen LogP contribution in [-0.4, -0.2) is 56.5 Å². The largest absolute Gasteiger partial charge is 0.327 e. The minimum atomic E-state index is -3.68. The third kappa shape index (κ3) is 5.20. The number of nitrogens with zero attached hydrogens (tertiary/aromatic N) is 2. The Kier molecular flexibility index (Phi) is 6.95. The zero-order chi connectivity index (χ0) is 22.8. The average Bonchev–Trinajstić information content (AvgIpc) is 2.71. The zero-order valence-electron chi connectivity index (χ0n) is 17.0. The lowest BCUT2D eigenvalue weighted by atomic mass is 9.82. The minimum absolute atomic E-state index is 0.124. The van der Waals surface area contributed by atoms with Crippen LogP contribution in [0.1, 0.15) is 17.5 Å². The van der Waals surface area contributed by atoms with Crippen molar-refractivity contribution in [3.8, 4) is 0 Å². The molecule has 3 rings (SSSR count). The Bertz CT molecular complexity index is 1090. The molecule has 2 amide bonds. The molecule has 0 bridgehead atoms. The molecular weight excluding hydrogens is 463 g/mol. The van der Waals surface area contributed by atoms with E-state index in [0.29, 0.717) is 10.6 Å². The Balaban J connectivity index is 2.03. The molecule has 1 unspecified atom stereocenters. The van der Waals surface area contributed by atoms with Crippen molar-refractivity contribution in [1.82, 2.24) is 9.80 Å². The van der Waals surface area contributed by atoms with Gasteiger partial charge < -0.3 is 9.80 Å². The Labute approximate surface area is 191 Å². The van der Waals surface area contributed by atoms with Crippen molar-refractivity contribution in [2.75, 3.05) is 26.5 Å². The van der Waals surface area contributed by atoms with Gasteiger partial charge in [-0.05, 0) is 23.3 Å². The summed E-state index contributed by atoms with van der Waals surface area (Å²) in [4.78, 5) is 28.5. The fourth-order valence-corrected chi connectivity index (χ4v) is 4.41. The molecule has 1 fully saturated rings. The topological polar surface area (TPSA) is 84.0 Å². The molecule has 0 radical (unpaired) electrons. The van der Waals surface area contributed by atoms with Gasteiger partial charge in [0.05, 0.1) is 28.4 Å². The van der Waals surface area contributed by atoms with Gasteiger partial charge >= 0.3 is 11.8 Å².